The number of nitrogens with zero attached hydrogens (tertiary/aromatic N) is 1. The number of benzene rings is 1. The van der Waals surface area contributed by atoms with E-state index in [0.717, 1.165) is 0 Å². The number of rotatable bonds is 6. The molecule has 0 saturated carbocycles. The second-order valence-corrected chi connectivity index (χ2v) is 3.91. The molecule has 0 spiro atoms. The van der Waals surface area contributed by atoms with Crippen LogP contribution in [-0.2, 0) is 4.79 Å². The van der Waals surface area contributed by atoms with Gasteiger partial charge in [-0.1, -0.05) is 12.2 Å². The van der Waals surface area contributed by atoms with Crippen LogP contribution in [0, 0.1) is 0 Å². The third-order valence-corrected chi connectivity index (χ3v) is 2.35. The zero-order valence-corrected chi connectivity index (χ0v) is 11.0. The second-order valence-electron chi connectivity index (χ2n) is 3.91. The van der Waals surface area contributed by atoms with Gasteiger partial charge in [-0.05, 0) is 24.3 Å². The molecule has 0 atom stereocenters. The molecule has 1 aromatic carbocycles. The van der Waals surface area contributed by atoms with Crippen molar-refractivity contribution >= 4 is 11.9 Å². The third kappa shape index (κ3) is 4.43. The average Bonchev–Trinajstić information content (AvgIpc) is 2.38. The lowest BCUT2D eigenvalue weighted by molar-refractivity contribution is -0.131. The Morgan fingerprint density at radius 2 is 1.68 bits per heavy atom. The molecule has 0 heterocycles. The maximum Gasteiger partial charge on any atom is 0.308 e. The molecule has 0 aliphatic rings. The van der Waals surface area contributed by atoms with Gasteiger partial charge in [-0.25, -0.2) is 0 Å². The molecule has 1 amide bonds. The Morgan fingerprint density at radius 3 is 2.11 bits per heavy atom. The quantitative estimate of drug-likeness (QED) is 0.448. The van der Waals surface area contributed by atoms with Gasteiger partial charge in [-0.3, -0.25) is 9.59 Å². The Bertz CT molecular complexity index is 467. The first-order chi connectivity index (χ1) is 9.08. The lowest BCUT2D eigenvalue weighted by Crippen LogP contribution is -2.31. The van der Waals surface area contributed by atoms with E-state index in [0.29, 0.717) is 24.4 Å². The van der Waals surface area contributed by atoms with Gasteiger partial charge in [-0.2, -0.15) is 0 Å². The van der Waals surface area contributed by atoms with E-state index in [-0.39, 0.29) is 11.9 Å². The van der Waals surface area contributed by atoms with Gasteiger partial charge in [0.1, 0.15) is 5.75 Å². The van der Waals surface area contributed by atoms with E-state index < -0.39 is 0 Å². The number of hydrogen-bond donors (Lipinski definition) is 0. The topological polar surface area (TPSA) is 46.6 Å². The third-order valence-electron chi connectivity index (χ3n) is 2.35. The minimum atomic E-state index is -0.390. The van der Waals surface area contributed by atoms with Crippen LogP contribution in [0.1, 0.15) is 17.3 Å². The minimum absolute atomic E-state index is 0.117. The van der Waals surface area contributed by atoms with Crippen molar-refractivity contribution < 1.29 is 14.3 Å². The molecule has 0 bridgehead atoms. The van der Waals surface area contributed by atoms with E-state index in [1.165, 1.54) is 6.92 Å². The highest BCUT2D eigenvalue weighted by atomic mass is 16.5. The van der Waals surface area contributed by atoms with Crippen LogP contribution in [0.15, 0.2) is 49.6 Å². The highest BCUT2D eigenvalue weighted by Gasteiger charge is 2.13. The summed E-state index contributed by atoms with van der Waals surface area (Å²) in [6, 6.07) is 6.43. The lowest BCUT2D eigenvalue weighted by atomic mass is 10.2. The van der Waals surface area contributed by atoms with E-state index in [2.05, 4.69) is 13.2 Å². The number of amides is 1. The summed E-state index contributed by atoms with van der Waals surface area (Å²) in [5.74, 6) is -0.0868. The summed E-state index contributed by atoms with van der Waals surface area (Å²) < 4.78 is 4.91. The molecule has 0 saturated heterocycles. The molecule has 0 unspecified atom stereocenters. The van der Waals surface area contributed by atoms with E-state index in [9.17, 15) is 9.59 Å². The van der Waals surface area contributed by atoms with Gasteiger partial charge >= 0.3 is 5.97 Å². The van der Waals surface area contributed by atoms with Crippen LogP contribution in [0.5, 0.6) is 5.75 Å². The van der Waals surface area contributed by atoms with Crippen molar-refractivity contribution in [3.63, 3.8) is 0 Å². The SMILES string of the molecule is C=CCN(CC=C)C(=O)c1ccc(OC(C)=O)cc1. The Labute approximate surface area is 113 Å². The highest BCUT2D eigenvalue weighted by Crippen LogP contribution is 2.14. The molecule has 0 fully saturated rings. The number of esters is 1. The van der Waals surface area contributed by atoms with Crippen molar-refractivity contribution in [2.24, 2.45) is 0 Å². The number of carbonyl (C=O) groups excluding carboxylic acids is 2. The summed E-state index contributed by atoms with van der Waals surface area (Å²) in [4.78, 5) is 24.6. The van der Waals surface area contributed by atoms with Crippen molar-refractivity contribution in [3.05, 3.63) is 55.1 Å². The normalized spacial score (nSPS) is 9.53. The second kappa shape index (κ2) is 7.16. The summed E-state index contributed by atoms with van der Waals surface area (Å²) in [7, 11) is 0. The van der Waals surface area contributed by atoms with Crippen molar-refractivity contribution in [3.8, 4) is 5.75 Å². The van der Waals surface area contributed by atoms with Crippen LogP contribution in [0.25, 0.3) is 0 Å². The largest absolute Gasteiger partial charge is 0.427 e. The Kier molecular flexibility index (Phi) is 5.54. The van der Waals surface area contributed by atoms with Crippen LogP contribution >= 0.6 is 0 Å². The van der Waals surface area contributed by atoms with Crippen LogP contribution in [0.3, 0.4) is 0 Å². The van der Waals surface area contributed by atoms with Gasteiger partial charge in [0.25, 0.3) is 5.91 Å². The zero-order chi connectivity index (χ0) is 14.3. The van der Waals surface area contributed by atoms with Gasteiger partial charge in [-0.15, -0.1) is 13.2 Å². The van der Waals surface area contributed by atoms with Crippen LogP contribution in [0.4, 0.5) is 0 Å². The maximum absolute atomic E-state index is 12.2. The van der Waals surface area contributed by atoms with Crippen LogP contribution in [-0.4, -0.2) is 29.9 Å². The lowest BCUT2D eigenvalue weighted by Gasteiger charge is -2.19. The molecule has 0 aliphatic carbocycles. The summed E-state index contributed by atoms with van der Waals surface area (Å²) in [5.41, 5.74) is 0.527. The first-order valence-electron chi connectivity index (χ1n) is 5.88. The van der Waals surface area contributed by atoms with Crippen molar-refractivity contribution in [2.75, 3.05) is 13.1 Å². The highest BCUT2D eigenvalue weighted by molar-refractivity contribution is 5.94. The summed E-state index contributed by atoms with van der Waals surface area (Å²) in [6.45, 7) is 9.48. The van der Waals surface area contributed by atoms with Crippen LogP contribution in [0.2, 0.25) is 0 Å². The Hall–Kier alpha value is -2.36. The Balaban J connectivity index is 2.83. The first kappa shape index (κ1) is 14.7. The van der Waals surface area contributed by atoms with E-state index in [1.807, 2.05) is 0 Å². The van der Waals surface area contributed by atoms with Gasteiger partial charge in [0.05, 0.1) is 0 Å². The predicted octanol–water partition coefficient (Wildman–Crippen LogP) is 2.43. The van der Waals surface area contributed by atoms with Gasteiger partial charge in [0.2, 0.25) is 0 Å². The summed E-state index contributed by atoms with van der Waals surface area (Å²) >= 11 is 0. The summed E-state index contributed by atoms with van der Waals surface area (Å²) in [5, 5.41) is 0. The molecule has 0 N–H and O–H groups in total. The standard InChI is InChI=1S/C15H17NO3/c1-4-10-16(11-5-2)15(18)13-6-8-14(9-7-13)19-12(3)17/h4-9H,1-2,10-11H2,3H3. The number of carbonyl (C=O) groups is 2. The van der Waals surface area contributed by atoms with Gasteiger partial charge in [0, 0.05) is 25.6 Å². The van der Waals surface area contributed by atoms with E-state index in [4.69, 9.17) is 4.74 Å². The Morgan fingerprint density at radius 1 is 1.16 bits per heavy atom. The van der Waals surface area contributed by atoms with Crippen molar-refractivity contribution in [1.82, 2.24) is 4.90 Å². The van der Waals surface area contributed by atoms with Crippen LogP contribution < -0.4 is 4.74 Å². The molecule has 19 heavy (non-hydrogen) atoms. The molecular weight excluding hydrogens is 242 g/mol. The maximum atomic E-state index is 12.2. The fraction of sp³-hybridized carbons (Fsp3) is 0.200. The molecule has 0 radical (unpaired) electrons. The smallest absolute Gasteiger partial charge is 0.308 e. The molecule has 0 aromatic heterocycles. The van der Waals surface area contributed by atoms with Gasteiger partial charge < -0.3 is 9.64 Å². The van der Waals surface area contributed by atoms with Gasteiger partial charge in [0.15, 0.2) is 0 Å². The zero-order valence-electron chi connectivity index (χ0n) is 11.0. The number of hydrogen-bond acceptors (Lipinski definition) is 3. The summed E-state index contributed by atoms with van der Waals surface area (Å²) in [6.07, 6.45) is 3.32. The molecule has 1 aromatic rings. The monoisotopic (exact) mass is 259 g/mol. The molecule has 4 heteroatoms. The van der Waals surface area contributed by atoms with E-state index in [1.54, 1.807) is 41.3 Å². The average molecular weight is 259 g/mol. The minimum Gasteiger partial charge on any atom is -0.427 e. The first-order valence-corrected chi connectivity index (χ1v) is 5.88. The van der Waals surface area contributed by atoms with Crippen molar-refractivity contribution in [2.45, 2.75) is 6.92 Å². The molecule has 100 valence electrons. The van der Waals surface area contributed by atoms with Crippen molar-refractivity contribution in [1.29, 1.82) is 0 Å². The molecule has 1 rings (SSSR count). The molecule has 0 aliphatic heterocycles. The molecule has 4 nitrogen and oxygen atoms in total. The fourth-order valence-corrected chi connectivity index (χ4v) is 1.57. The molecular formula is C15H17NO3. The van der Waals surface area contributed by atoms with E-state index >= 15 is 0 Å². The fourth-order valence-electron chi connectivity index (χ4n) is 1.57. The number of ether oxygens (including phenoxy) is 1. The predicted molar refractivity (Wildman–Crippen MR) is 74.0 cm³/mol.